The molecule has 0 fully saturated rings. The Balaban J connectivity index is 2.05. The standard InChI is InChI=1S/C15H24N2/c1-11(2)17-10-15(16)14-8-7-12-5-3-4-6-13(12)9-14/h7-9,11,15,17H,3-6,10,16H2,1-2H3. The normalized spacial score (nSPS) is 16.9. The number of benzene rings is 1. The molecule has 0 amide bonds. The van der Waals surface area contributed by atoms with Gasteiger partial charge in [0.1, 0.15) is 0 Å². The maximum Gasteiger partial charge on any atom is 0.0421 e. The third-order valence-corrected chi connectivity index (χ3v) is 3.55. The lowest BCUT2D eigenvalue weighted by atomic mass is 9.89. The molecule has 1 aliphatic carbocycles. The van der Waals surface area contributed by atoms with Gasteiger partial charge in [0.05, 0.1) is 0 Å². The smallest absolute Gasteiger partial charge is 0.0421 e. The molecule has 2 nitrogen and oxygen atoms in total. The van der Waals surface area contributed by atoms with E-state index in [9.17, 15) is 0 Å². The Morgan fingerprint density at radius 3 is 2.59 bits per heavy atom. The zero-order valence-corrected chi connectivity index (χ0v) is 11.0. The largest absolute Gasteiger partial charge is 0.323 e. The van der Waals surface area contributed by atoms with Crippen molar-refractivity contribution in [2.75, 3.05) is 6.54 Å². The SMILES string of the molecule is CC(C)NCC(N)c1ccc2c(c1)CCCC2. The highest BCUT2D eigenvalue weighted by molar-refractivity contribution is 5.35. The van der Waals surface area contributed by atoms with Crippen molar-refractivity contribution in [3.05, 3.63) is 34.9 Å². The molecule has 1 aromatic carbocycles. The van der Waals surface area contributed by atoms with E-state index in [0.717, 1.165) is 6.54 Å². The first-order valence-corrected chi connectivity index (χ1v) is 6.77. The summed E-state index contributed by atoms with van der Waals surface area (Å²) in [5.74, 6) is 0. The average Bonchev–Trinajstić information content (AvgIpc) is 2.35. The molecule has 94 valence electrons. The second-order valence-corrected chi connectivity index (χ2v) is 5.40. The first-order valence-electron chi connectivity index (χ1n) is 6.77. The number of nitrogens with one attached hydrogen (secondary N) is 1. The molecule has 0 heterocycles. The van der Waals surface area contributed by atoms with Crippen molar-refractivity contribution >= 4 is 0 Å². The van der Waals surface area contributed by atoms with Crippen LogP contribution in [0.5, 0.6) is 0 Å². The van der Waals surface area contributed by atoms with Crippen LogP contribution in [0, 0.1) is 0 Å². The van der Waals surface area contributed by atoms with Crippen LogP contribution in [0.25, 0.3) is 0 Å². The Labute approximate surface area is 105 Å². The molecular weight excluding hydrogens is 208 g/mol. The maximum absolute atomic E-state index is 6.21. The van der Waals surface area contributed by atoms with Gasteiger partial charge < -0.3 is 11.1 Å². The Bertz CT molecular complexity index is 371. The second kappa shape index (κ2) is 5.65. The molecule has 1 aliphatic rings. The first kappa shape index (κ1) is 12.6. The van der Waals surface area contributed by atoms with Gasteiger partial charge >= 0.3 is 0 Å². The molecule has 1 aromatic rings. The van der Waals surface area contributed by atoms with Crippen LogP contribution < -0.4 is 11.1 Å². The van der Waals surface area contributed by atoms with Crippen LogP contribution in [0.4, 0.5) is 0 Å². The summed E-state index contributed by atoms with van der Waals surface area (Å²) in [4.78, 5) is 0. The van der Waals surface area contributed by atoms with Gasteiger partial charge in [-0.3, -0.25) is 0 Å². The third kappa shape index (κ3) is 3.30. The average molecular weight is 232 g/mol. The van der Waals surface area contributed by atoms with Gasteiger partial charge in [0, 0.05) is 18.6 Å². The van der Waals surface area contributed by atoms with Crippen LogP contribution in [-0.4, -0.2) is 12.6 Å². The summed E-state index contributed by atoms with van der Waals surface area (Å²) in [6.07, 6.45) is 5.14. The van der Waals surface area contributed by atoms with Crippen molar-refractivity contribution in [1.29, 1.82) is 0 Å². The molecule has 0 saturated carbocycles. The predicted molar refractivity (Wildman–Crippen MR) is 73.2 cm³/mol. The van der Waals surface area contributed by atoms with Crippen LogP contribution in [0.15, 0.2) is 18.2 Å². The van der Waals surface area contributed by atoms with E-state index in [1.54, 1.807) is 0 Å². The minimum Gasteiger partial charge on any atom is -0.323 e. The topological polar surface area (TPSA) is 38.0 Å². The lowest BCUT2D eigenvalue weighted by molar-refractivity contribution is 0.537. The summed E-state index contributed by atoms with van der Waals surface area (Å²) in [6.45, 7) is 5.16. The molecule has 2 rings (SSSR count). The van der Waals surface area contributed by atoms with Gasteiger partial charge in [-0.25, -0.2) is 0 Å². The fraction of sp³-hybridized carbons (Fsp3) is 0.600. The molecule has 17 heavy (non-hydrogen) atoms. The maximum atomic E-state index is 6.21. The van der Waals surface area contributed by atoms with Crippen LogP contribution in [0.1, 0.15) is 49.4 Å². The number of hydrogen-bond donors (Lipinski definition) is 2. The van der Waals surface area contributed by atoms with Crippen LogP contribution in [0.3, 0.4) is 0 Å². The summed E-state index contributed by atoms with van der Waals surface area (Å²) in [6, 6.07) is 7.42. The molecule has 1 unspecified atom stereocenters. The van der Waals surface area contributed by atoms with Crippen molar-refractivity contribution < 1.29 is 0 Å². The van der Waals surface area contributed by atoms with E-state index < -0.39 is 0 Å². The summed E-state index contributed by atoms with van der Waals surface area (Å²) in [7, 11) is 0. The molecule has 0 bridgehead atoms. The molecule has 0 spiro atoms. The van der Waals surface area contributed by atoms with Crippen LogP contribution in [-0.2, 0) is 12.8 Å². The number of hydrogen-bond acceptors (Lipinski definition) is 2. The zero-order valence-electron chi connectivity index (χ0n) is 11.0. The Kier molecular flexibility index (Phi) is 4.19. The molecular formula is C15H24N2. The molecule has 0 saturated heterocycles. The van der Waals surface area contributed by atoms with Crippen LogP contribution in [0.2, 0.25) is 0 Å². The van der Waals surface area contributed by atoms with Gasteiger partial charge in [0.15, 0.2) is 0 Å². The van der Waals surface area contributed by atoms with Gasteiger partial charge in [-0.15, -0.1) is 0 Å². The van der Waals surface area contributed by atoms with Gasteiger partial charge in [0.2, 0.25) is 0 Å². The lowest BCUT2D eigenvalue weighted by Crippen LogP contribution is -2.31. The van der Waals surface area contributed by atoms with Crippen molar-refractivity contribution in [1.82, 2.24) is 5.32 Å². The molecule has 2 heteroatoms. The van der Waals surface area contributed by atoms with E-state index in [-0.39, 0.29) is 6.04 Å². The van der Waals surface area contributed by atoms with Gasteiger partial charge in [0.25, 0.3) is 0 Å². The fourth-order valence-electron chi connectivity index (χ4n) is 2.46. The summed E-state index contributed by atoms with van der Waals surface area (Å²) in [5, 5.41) is 3.40. The summed E-state index contributed by atoms with van der Waals surface area (Å²) < 4.78 is 0. The van der Waals surface area contributed by atoms with E-state index in [0.29, 0.717) is 6.04 Å². The quantitative estimate of drug-likeness (QED) is 0.837. The summed E-state index contributed by atoms with van der Waals surface area (Å²) in [5.41, 5.74) is 10.5. The van der Waals surface area contributed by atoms with Crippen molar-refractivity contribution in [2.24, 2.45) is 5.73 Å². The zero-order chi connectivity index (χ0) is 12.3. The van der Waals surface area contributed by atoms with Crippen molar-refractivity contribution in [3.8, 4) is 0 Å². The van der Waals surface area contributed by atoms with E-state index in [1.807, 2.05) is 0 Å². The van der Waals surface area contributed by atoms with E-state index in [4.69, 9.17) is 5.73 Å². The fourth-order valence-corrected chi connectivity index (χ4v) is 2.46. The summed E-state index contributed by atoms with van der Waals surface area (Å²) >= 11 is 0. The van der Waals surface area contributed by atoms with Crippen molar-refractivity contribution in [2.45, 2.75) is 51.6 Å². The monoisotopic (exact) mass is 232 g/mol. The molecule has 0 aromatic heterocycles. The van der Waals surface area contributed by atoms with Gasteiger partial charge in [-0.1, -0.05) is 32.0 Å². The highest BCUT2D eigenvalue weighted by atomic mass is 14.9. The van der Waals surface area contributed by atoms with Gasteiger partial charge in [-0.05, 0) is 42.4 Å². The Hall–Kier alpha value is -0.860. The first-order chi connectivity index (χ1) is 8.16. The minimum atomic E-state index is 0.115. The predicted octanol–water partition coefficient (Wildman–Crippen LogP) is 2.56. The van der Waals surface area contributed by atoms with E-state index >= 15 is 0 Å². The van der Waals surface area contributed by atoms with Gasteiger partial charge in [-0.2, -0.15) is 0 Å². The Morgan fingerprint density at radius 2 is 1.88 bits per heavy atom. The molecule has 1 atom stereocenters. The molecule has 0 aliphatic heterocycles. The number of rotatable bonds is 4. The lowest BCUT2D eigenvalue weighted by Gasteiger charge is -2.20. The van der Waals surface area contributed by atoms with E-state index in [2.05, 4.69) is 37.4 Å². The highest BCUT2D eigenvalue weighted by Crippen LogP contribution is 2.24. The Morgan fingerprint density at radius 1 is 1.18 bits per heavy atom. The number of nitrogens with two attached hydrogens (primary N) is 1. The highest BCUT2D eigenvalue weighted by Gasteiger charge is 2.12. The number of aryl methyl sites for hydroxylation is 2. The number of fused-ring (bicyclic) bond motifs is 1. The van der Waals surface area contributed by atoms with E-state index in [1.165, 1.54) is 42.4 Å². The third-order valence-electron chi connectivity index (χ3n) is 3.55. The molecule has 0 radical (unpaired) electrons. The minimum absolute atomic E-state index is 0.115. The van der Waals surface area contributed by atoms with Crippen molar-refractivity contribution in [3.63, 3.8) is 0 Å². The van der Waals surface area contributed by atoms with Crippen LogP contribution >= 0.6 is 0 Å². The molecule has 3 N–H and O–H groups in total. The second-order valence-electron chi connectivity index (χ2n) is 5.40.